The van der Waals surface area contributed by atoms with Crippen LogP contribution in [0.2, 0.25) is 0 Å². The van der Waals surface area contributed by atoms with Crippen LogP contribution in [-0.4, -0.2) is 24.0 Å². The predicted molar refractivity (Wildman–Crippen MR) is 91.9 cm³/mol. The predicted octanol–water partition coefficient (Wildman–Crippen LogP) is 3.56. The van der Waals surface area contributed by atoms with E-state index in [1.165, 1.54) is 0 Å². The Morgan fingerprint density at radius 3 is 2.71 bits per heavy atom. The molecule has 2 heterocycles. The standard InChI is InChI=1S/C19H18N2O3/c1-12(2)14-10-13(7-8-17(14)23-3)11-16-19(22)24-18(21-16)15-6-4-5-9-20-15/h4-12H,1-3H3/b16-11+. The smallest absolute Gasteiger partial charge is 0.363 e. The maximum Gasteiger partial charge on any atom is 0.363 e. The van der Waals surface area contributed by atoms with Crippen molar-refractivity contribution in [1.82, 2.24) is 4.98 Å². The van der Waals surface area contributed by atoms with Gasteiger partial charge in [0.15, 0.2) is 5.70 Å². The van der Waals surface area contributed by atoms with Crippen LogP contribution < -0.4 is 4.74 Å². The molecule has 1 aliphatic rings. The minimum Gasteiger partial charge on any atom is -0.496 e. The topological polar surface area (TPSA) is 60.8 Å². The van der Waals surface area contributed by atoms with Crippen LogP contribution in [0, 0.1) is 0 Å². The number of nitrogens with zero attached hydrogens (tertiary/aromatic N) is 2. The second-order valence-electron chi connectivity index (χ2n) is 5.71. The van der Waals surface area contributed by atoms with Crippen molar-refractivity contribution in [2.45, 2.75) is 19.8 Å². The zero-order valence-electron chi connectivity index (χ0n) is 13.8. The van der Waals surface area contributed by atoms with E-state index in [1.807, 2.05) is 24.3 Å². The Morgan fingerprint density at radius 1 is 1.21 bits per heavy atom. The molecule has 5 heteroatoms. The van der Waals surface area contributed by atoms with Gasteiger partial charge in [-0.1, -0.05) is 26.0 Å². The molecule has 0 bridgehead atoms. The van der Waals surface area contributed by atoms with E-state index < -0.39 is 5.97 Å². The lowest BCUT2D eigenvalue weighted by Gasteiger charge is -2.12. The van der Waals surface area contributed by atoms with Gasteiger partial charge in [-0.2, -0.15) is 0 Å². The summed E-state index contributed by atoms with van der Waals surface area (Å²) in [4.78, 5) is 20.5. The maximum atomic E-state index is 12.0. The molecule has 0 aliphatic carbocycles. The van der Waals surface area contributed by atoms with Crippen LogP contribution in [0.15, 0.2) is 53.3 Å². The molecule has 1 aromatic carbocycles. The number of carbonyl (C=O) groups excluding carboxylic acids is 1. The third-order valence-electron chi connectivity index (χ3n) is 3.68. The Hall–Kier alpha value is -2.95. The third-order valence-corrected chi connectivity index (χ3v) is 3.68. The SMILES string of the molecule is COc1ccc(/C=C2/N=C(c3ccccn3)OC2=O)cc1C(C)C. The first-order valence-corrected chi connectivity index (χ1v) is 7.70. The fraction of sp³-hybridized carbons (Fsp3) is 0.211. The van der Waals surface area contributed by atoms with Gasteiger partial charge in [0.1, 0.15) is 11.4 Å². The molecule has 24 heavy (non-hydrogen) atoms. The molecule has 0 unspecified atom stereocenters. The Kier molecular flexibility index (Phi) is 4.42. The molecule has 5 nitrogen and oxygen atoms in total. The number of methoxy groups -OCH3 is 1. The van der Waals surface area contributed by atoms with E-state index in [0.29, 0.717) is 11.6 Å². The summed E-state index contributed by atoms with van der Waals surface area (Å²) in [5, 5.41) is 0. The average molecular weight is 322 g/mol. The van der Waals surface area contributed by atoms with Gasteiger partial charge in [-0.15, -0.1) is 0 Å². The average Bonchev–Trinajstić information content (AvgIpc) is 2.96. The summed E-state index contributed by atoms with van der Waals surface area (Å²) in [6.45, 7) is 4.19. The summed E-state index contributed by atoms with van der Waals surface area (Å²) in [7, 11) is 1.65. The van der Waals surface area contributed by atoms with E-state index in [2.05, 4.69) is 23.8 Å². The Bertz CT molecular complexity index is 824. The summed E-state index contributed by atoms with van der Waals surface area (Å²) >= 11 is 0. The second-order valence-corrected chi connectivity index (χ2v) is 5.71. The lowest BCUT2D eigenvalue weighted by Crippen LogP contribution is -2.06. The summed E-state index contributed by atoms with van der Waals surface area (Å²) in [6, 6.07) is 11.1. The number of esters is 1. The van der Waals surface area contributed by atoms with Crippen LogP contribution in [0.4, 0.5) is 0 Å². The lowest BCUT2D eigenvalue weighted by atomic mass is 9.99. The van der Waals surface area contributed by atoms with E-state index in [0.717, 1.165) is 16.9 Å². The van der Waals surface area contributed by atoms with Gasteiger partial charge in [-0.3, -0.25) is 4.98 Å². The fourth-order valence-electron chi connectivity index (χ4n) is 2.46. The molecule has 1 aliphatic heterocycles. The molecular weight excluding hydrogens is 304 g/mol. The summed E-state index contributed by atoms with van der Waals surface area (Å²) in [5.41, 5.74) is 2.74. The van der Waals surface area contributed by atoms with Gasteiger partial charge in [-0.05, 0) is 47.4 Å². The summed E-state index contributed by atoms with van der Waals surface area (Å²) in [5.74, 6) is 0.891. The van der Waals surface area contributed by atoms with E-state index in [4.69, 9.17) is 9.47 Å². The van der Waals surface area contributed by atoms with Crippen molar-refractivity contribution in [3.63, 3.8) is 0 Å². The van der Waals surface area contributed by atoms with Gasteiger partial charge in [0, 0.05) is 6.20 Å². The quantitative estimate of drug-likeness (QED) is 0.638. The number of rotatable bonds is 4. The van der Waals surface area contributed by atoms with Crippen molar-refractivity contribution in [1.29, 1.82) is 0 Å². The molecule has 0 spiro atoms. The van der Waals surface area contributed by atoms with Crippen molar-refractivity contribution in [3.8, 4) is 5.75 Å². The Balaban J connectivity index is 1.95. The highest BCUT2D eigenvalue weighted by molar-refractivity contribution is 6.12. The van der Waals surface area contributed by atoms with Crippen molar-refractivity contribution in [2.24, 2.45) is 4.99 Å². The molecule has 0 atom stereocenters. The number of ether oxygens (including phenoxy) is 2. The van der Waals surface area contributed by atoms with Crippen LogP contribution in [-0.2, 0) is 9.53 Å². The number of carbonyl (C=O) groups is 1. The minimum absolute atomic E-state index is 0.226. The molecule has 0 saturated carbocycles. The van der Waals surface area contributed by atoms with Crippen molar-refractivity contribution < 1.29 is 14.3 Å². The third kappa shape index (κ3) is 3.20. The van der Waals surface area contributed by atoms with Crippen LogP contribution >= 0.6 is 0 Å². The summed E-state index contributed by atoms with van der Waals surface area (Å²) in [6.07, 6.45) is 3.34. The first-order valence-electron chi connectivity index (χ1n) is 7.70. The van der Waals surface area contributed by atoms with Gasteiger partial charge in [0.25, 0.3) is 0 Å². The lowest BCUT2D eigenvalue weighted by molar-refractivity contribution is -0.129. The highest BCUT2D eigenvalue weighted by Gasteiger charge is 2.24. The van der Waals surface area contributed by atoms with Crippen LogP contribution in [0.3, 0.4) is 0 Å². The Morgan fingerprint density at radius 2 is 2.04 bits per heavy atom. The molecule has 0 saturated heterocycles. The number of aliphatic imine (C=N–C) groups is 1. The molecule has 0 amide bonds. The molecule has 1 aromatic heterocycles. The highest BCUT2D eigenvalue weighted by Crippen LogP contribution is 2.28. The molecule has 0 radical (unpaired) electrons. The number of benzene rings is 1. The van der Waals surface area contributed by atoms with Gasteiger partial charge in [0.05, 0.1) is 7.11 Å². The zero-order valence-corrected chi connectivity index (χ0v) is 13.8. The maximum absolute atomic E-state index is 12.0. The van der Waals surface area contributed by atoms with Crippen LogP contribution in [0.25, 0.3) is 6.08 Å². The zero-order chi connectivity index (χ0) is 17.1. The molecule has 122 valence electrons. The first-order chi connectivity index (χ1) is 11.6. The van der Waals surface area contributed by atoms with E-state index in [9.17, 15) is 4.79 Å². The monoisotopic (exact) mass is 322 g/mol. The van der Waals surface area contributed by atoms with Gasteiger partial charge < -0.3 is 9.47 Å². The molecular formula is C19H18N2O3. The van der Waals surface area contributed by atoms with Gasteiger partial charge in [-0.25, -0.2) is 9.79 Å². The van der Waals surface area contributed by atoms with E-state index >= 15 is 0 Å². The second kappa shape index (κ2) is 6.66. The number of pyridine rings is 1. The highest BCUT2D eigenvalue weighted by atomic mass is 16.6. The number of hydrogen-bond acceptors (Lipinski definition) is 5. The normalized spacial score (nSPS) is 15.6. The van der Waals surface area contributed by atoms with Crippen molar-refractivity contribution in [3.05, 3.63) is 65.1 Å². The van der Waals surface area contributed by atoms with Gasteiger partial charge in [0.2, 0.25) is 5.90 Å². The summed E-state index contributed by atoms with van der Waals surface area (Å²) < 4.78 is 10.6. The van der Waals surface area contributed by atoms with Crippen molar-refractivity contribution in [2.75, 3.05) is 7.11 Å². The van der Waals surface area contributed by atoms with E-state index in [-0.39, 0.29) is 11.6 Å². The molecule has 2 aromatic rings. The first kappa shape index (κ1) is 15.9. The van der Waals surface area contributed by atoms with Gasteiger partial charge >= 0.3 is 5.97 Å². The van der Waals surface area contributed by atoms with Crippen molar-refractivity contribution >= 4 is 17.9 Å². The van der Waals surface area contributed by atoms with Crippen LogP contribution in [0.1, 0.15) is 36.6 Å². The fourth-order valence-corrected chi connectivity index (χ4v) is 2.46. The van der Waals surface area contributed by atoms with E-state index in [1.54, 1.807) is 31.5 Å². The molecule has 0 fully saturated rings. The number of aromatic nitrogens is 1. The molecule has 3 rings (SSSR count). The molecule has 0 N–H and O–H groups in total. The van der Waals surface area contributed by atoms with Crippen LogP contribution in [0.5, 0.6) is 5.75 Å². The number of cyclic esters (lactones) is 1. The minimum atomic E-state index is -0.474. The Labute approximate surface area is 140 Å². The largest absolute Gasteiger partial charge is 0.496 e. The number of hydrogen-bond donors (Lipinski definition) is 0.